The van der Waals surface area contributed by atoms with Crippen LogP contribution < -0.4 is 5.69 Å². The lowest BCUT2D eigenvalue weighted by atomic mass is 10.1. The first-order chi connectivity index (χ1) is 6.20. The van der Waals surface area contributed by atoms with Gasteiger partial charge in [0.05, 0.1) is 0 Å². The summed E-state index contributed by atoms with van der Waals surface area (Å²) in [6, 6.07) is 0.294. The molecule has 13 heavy (non-hydrogen) atoms. The molecule has 1 aliphatic carbocycles. The molecular weight excluding hydrogens is 186 g/mol. The normalized spacial score (nSPS) is 28.1. The summed E-state index contributed by atoms with van der Waals surface area (Å²) in [7, 11) is 0. The fourth-order valence-electron chi connectivity index (χ4n) is 2.13. The molecule has 1 aliphatic rings. The van der Waals surface area contributed by atoms with Crippen LogP contribution in [0.15, 0.2) is 4.79 Å². The molecule has 2 rings (SSSR count). The number of aromatic amines is 2. The van der Waals surface area contributed by atoms with Gasteiger partial charge in [-0.2, -0.15) is 0 Å². The number of nitrogens with zero attached hydrogens (tertiary/aromatic N) is 1. The van der Waals surface area contributed by atoms with Crippen molar-refractivity contribution in [2.24, 2.45) is 5.92 Å². The average Bonchev–Trinajstić information content (AvgIpc) is 2.60. The summed E-state index contributed by atoms with van der Waals surface area (Å²) in [5.74, 6) is 0.559. The van der Waals surface area contributed by atoms with Crippen LogP contribution in [-0.2, 0) is 0 Å². The number of hydrogen-bond acceptors (Lipinski definition) is 2. The molecule has 2 atom stereocenters. The van der Waals surface area contributed by atoms with Crippen LogP contribution >= 0.6 is 12.2 Å². The minimum absolute atomic E-state index is 0.108. The van der Waals surface area contributed by atoms with Crippen LogP contribution in [0, 0.1) is 10.7 Å². The van der Waals surface area contributed by atoms with Crippen molar-refractivity contribution < 1.29 is 0 Å². The third-order valence-corrected chi connectivity index (χ3v) is 3.16. The summed E-state index contributed by atoms with van der Waals surface area (Å²) in [5, 5.41) is 5.19. The minimum Gasteiger partial charge on any atom is -0.272 e. The Labute approximate surface area is 81.0 Å². The molecule has 1 fully saturated rings. The van der Waals surface area contributed by atoms with Crippen molar-refractivity contribution in [2.45, 2.75) is 32.2 Å². The Morgan fingerprint density at radius 2 is 2.23 bits per heavy atom. The lowest BCUT2D eigenvalue weighted by Crippen LogP contribution is -2.23. The predicted octanol–water partition coefficient (Wildman–Crippen LogP) is 1.60. The van der Waals surface area contributed by atoms with Gasteiger partial charge < -0.3 is 0 Å². The third kappa shape index (κ3) is 1.37. The Morgan fingerprint density at radius 3 is 2.69 bits per heavy atom. The molecular formula is C8H13N3OS. The second-order valence-electron chi connectivity index (χ2n) is 3.71. The van der Waals surface area contributed by atoms with Gasteiger partial charge in [0.25, 0.3) is 0 Å². The maximum absolute atomic E-state index is 11.4. The third-order valence-electron chi connectivity index (χ3n) is 2.86. The zero-order chi connectivity index (χ0) is 9.42. The van der Waals surface area contributed by atoms with E-state index >= 15 is 0 Å². The summed E-state index contributed by atoms with van der Waals surface area (Å²) >= 11 is 5.04. The Bertz CT molecular complexity index is 375. The Morgan fingerprint density at radius 1 is 1.46 bits per heavy atom. The maximum atomic E-state index is 11.4. The molecule has 0 saturated heterocycles. The summed E-state index contributed by atoms with van der Waals surface area (Å²) < 4.78 is 2.19. The Hall–Kier alpha value is -0.840. The fourth-order valence-corrected chi connectivity index (χ4v) is 2.40. The summed E-state index contributed by atoms with van der Waals surface area (Å²) in [6.07, 6.45) is 3.45. The monoisotopic (exact) mass is 199 g/mol. The van der Waals surface area contributed by atoms with Gasteiger partial charge in [0, 0.05) is 6.04 Å². The van der Waals surface area contributed by atoms with Gasteiger partial charge in [0.2, 0.25) is 0 Å². The van der Waals surface area contributed by atoms with Gasteiger partial charge in [0.1, 0.15) is 0 Å². The van der Waals surface area contributed by atoms with Crippen LogP contribution in [0.1, 0.15) is 32.2 Å². The van der Waals surface area contributed by atoms with Crippen molar-refractivity contribution in [3.05, 3.63) is 15.3 Å². The van der Waals surface area contributed by atoms with Crippen LogP contribution in [0.25, 0.3) is 0 Å². The first-order valence-corrected chi connectivity index (χ1v) is 5.00. The van der Waals surface area contributed by atoms with E-state index in [1.165, 1.54) is 12.8 Å². The van der Waals surface area contributed by atoms with E-state index < -0.39 is 0 Å². The molecule has 0 aromatic carbocycles. The van der Waals surface area contributed by atoms with Gasteiger partial charge in [-0.05, 0) is 31.0 Å². The molecule has 0 amide bonds. The van der Waals surface area contributed by atoms with E-state index in [1.54, 1.807) is 4.57 Å². The van der Waals surface area contributed by atoms with Gasteiger partial charge in [-0.15, -0.1) is 0 Å². The van der Waals surface area contributed by atoms with Crippen molar-refractivity contribution in [1.82, 2.24) is 14.8 Å². The number of nitrogens with one attached hydrogen (secondary N) is 2. The first-order valence-electron chi connectivity index (χ1n) is 4.59. The Balaban J connectivity index is 2.45. The molecule has 2 unspecified atom stereocenters. The molecule has 2 N–H and O–H groups in total. The lowest BCUT2D eigenvalue weighted by molar-refractivity contribution is 0.395. The molecule has 0 aliphatic heterocycles. The van der Waals surface area contributed by atoms with E-state index in [-0.39, 0.29) is 5.69 Å². The van der Waals surface area contributed by atoms with Gasteiger partial charge in [-0.3, -0.25) is 9.67 Å². The highest BCUT2D eigenvalue weighted by molar-refractivity contribution is 7.71. The van der Waals surface area contributed by atoms with Gasteiger partial charge >= 0.3 is 5.69 Å². The standard InChI is InChI=1S/C8H13N3OS/c1-5-3-2-4-6(5)11-7(12)9-10-8(11)13/h5-6H,2-4H2,1H3,(H,9,12)(H,10,13). The molecule has 0 spiro atoms. The van der Waals surface area contributed by atoms with Crippen molar-refractivity contribution in [3.8, 4) is 0 Å². The first kappa shape index (κ1) is 8.74. The molecule has 4 nitrogen and oxygen atoms in total. The number of aromatic nitrogens is 3. The van der Waals surface area contributed by atoms with E-state index in [0.29, 0.717) is 16.7 Å². The number of hydrogen-bond donors (Lipinski definition) is 2. The molecule has 0 bridgehead atoms. The molecule has 1 aromatic heterocycles. The van der Waals surface area contributed by atoms with E-state index in [4.69, 9.17) is 12.2 Å². The largest absolute Gasteiger partial charge is 0.342 e. The van der Waals surface area contributed by atoms with E-state index in [1.807, 2.05) is 0 Å². The lowest BCUT2D eigenvalue weighted by Gasteiger charge is -2.14. The van der Waals surface area contributed by atoms with Gasteiger partial charge in [0.15, 0.2) is 4.77 Å². The summed E-state index contributed by atoms with van der Waals surface area (Å²) in [4.78, 5) is 11.4. The van der Waals surface area contributed by atoms with Crippen LogP contribution in [0.4, 0.5) is 0 Å². The molecule has 72 valence electrons. The van der Waals surface area contributed by atoms with Crippen LogP contribution in [0.5, 0.6) is 0 Å². The quantitative estimate of drug-likeness (QED) is 0.675. The minimum atomic E-state index is -0.108. The zero-order valence-electron chi connectivity index (χ0n) is 7.54. The highest BCUT2D eigenvalue weighted by Gasteiger charge is 2.26. The van der Waals surface area contributed by atoms with E-state index in [2.05, 4.69) is 17.1 Å². The maximum Gasteiger partial charge on any atom is 0.342 e. The van der Waals surface area contributed by atoms with Crippen molar-refractivity contribution in [3.63, 3.8) is 0 Å². The molecule has 1 aromatic rings. The predicted molar refractivity (Wildman–Crippen MR) is 52.3 cm³/mol. The Kier molecular flexibility index (Phi) is 2.11. The van der Waals surface area contributed by atoms with E-state index in [9.17, 15) is 4.79 Å². The molecule has 5 heteroatoms. The van der Waals surface area contributed by atoms with Crippen LogP contribution in [0.2, 0.25) is 0 Å². The number of H-pyrrole nitrogens is 2. The second kappa shape index (κ2) is 3.14. The van der Waals surface area contributed by atoms with Crippen LogP contribution in [-0.4, -0.2) is 14.8 Å². The zero-order valence-corrected chi connectivity index (χ0v) is 8.36. The molecule has 1 saturated carbocycles. The van der Waals surface area contributed by atoms with Gasteiger partial charge in [-0.1, -0.05) is 13.3 Å². The highest BCUT2D eigenvalue weighted by Crippen LogP contribution is 2.34. The SMILES string of the molecule is CC1CCCC1n1c(=O)[nH][nH]c1=S. The summed E-state index contributed by atoms with van der Waals surface area (Å²) in [6.45, 7) is 2.17. The van der Waals surface area contributed by atoms with Crippen molar-refractivity contribution in [2.75, 3.05) is 0 Å². The van der Waals surface area contributed by atoms with E-state index in [0.717, 1.165) is 6.42 Å². The smallest absolute Gasteiger partial charge is 0.272 e. The highest BCUT2D eigenvalue weighted by atomic mass is 32.1. The van der Waals surface area contributed by atoms with Crippen molar-refractivity contribution >= 4 is 12.2 Å². The van der Waals surface area contributed by atoms with Crippen molar-refractivity contribution in [1.29, 1.82) is 0 Å². The topological polar surface area (TPSA) is 53.6 Å². The molecule has 0 radical (unpaired) electrons. The average molecular weight is 199 g/mol. The van der Waals surface area contributed by atoms with Crippen LogP contribution in [0.3, 0.4) is 0 Å². The second-order valence-corrected chi connectivity index (χ2v) is 4.09. The summed E-state index contributed by atoms with van der Waals surface area (Å²) in [5.41, 5.74) is -0.108. The van der Waals surface area contributed by atoms with Gasteiger partial charge in [-0.25, -0.2) is 9.89 Å². The fraction of sp³-hybridized carbons (Fsp3) is 0.750. The number of rotatable bonds is 1. The molecule has 1 heterocycles.